The highest BCUT2D eigenvalue weighted by atomic mass is 35.5. The third kappa shape index (κ3) is 4.02. The number of fused-ring (bicyclic) bond motifs is 1. The maximum Gasteiger partial charge on any atom is 0.301 e. The highest BCUT2D eigenvalue weighted by molar-refractivity contribution is 7.22. The summed E-state index contributed by atoms with van der Waals surface area (Å²) in [6.45, 7) is 4.21. The van der Waals surface area contributed by atoms with Gasteiger partial charge in [-0.05, 0) is 53.9 Å². The number of nitrogens with zero attached hydrogens (tertiary/aromatic N) is 3. The summed E-state index contributed by atoms with van der Waals surface area (Å²) in [5.74, 6) is -1.27. The number of carbonyl (C=O) groups is 2. The zero-order valence-electron chi connectivity index (χ0n) is 19.7. The number of halogens is 1. The lowest BCUT2D eigenvalue weighted by Crippen LogP contribution is -2.29. The number of anilines is 1. The molecule has 0 saturated carbocycles. The standard InChI is InChI=1S/C27H22ClN3O4S/c1-14(2)15-7-10-19-21(12-15)36-27(30-19)31-23(20-6-4-5-11-29-20)22(25(33)26(31)34)24(32)17-13-16(35-3)8-9-18(17)28/h4-14,23,32H,1-3H3/b24-22+. The minimum Gasteiger partial charge on any atom is -0.507 e. The highest BCUT2D eigenvalue weighted by Crippen LogP contribution is 2.44. The zero-order chi connectivity index (χ0) is 25.6. The van der Waals surface area contributed by atoms with Crippen molar-refractivity contribution >= 4 is 55.7 Å². The van der Waals surface area contributed by atoms with Gasteiger partial charge in [0.15, 0.2) is 5.13 Å². The number of ketones is 1. The van der Waals surface area contributed by atoms with E-state index in [1.807, 2.05) is 18.2 Å². The van der Waals surface area contributed by atoms with E-state index in [9.17, 15) is 14.7 Å². The number of ether oxygens (including phenoxy) is 1. The molecule has 2 aromatic heterocycles. The van der Waals surface area contributed by atoms with E-state index in [-0.39, 0.29) is 16.2 Å². The molecule has 0 radical (unpaired) electrons. The van der Waals surface area contributed by atoms with Crippen LogP contribution in [0.15, 0.2) is 66.4 Å². The molecule has 1 aliphatic heterocycles. The second kappa shape index (κ2) is 9.37. The minimum absolute atomic E-state index is 0.115. The summed E-state index contributed by atoms with van der Waals surface area (Å²) in [4.78, 5) is 37.2. The Bertz CT molecular complexity index is 1530. The molecule has 0 bridgehead atoms. The first-order valence-electron chi connectivity index (χ1n) is 11.3. The van der Waals surface area contributed by atoms with E-state index in [2.05, 4.69) is 23.8 Å². The van der Waals surface area contributed by atoms with Gasteiger partial charge in [-0.3, -0.25) is 19.5 Å². The van der Waals surface area contributed by atoms with Gasteiger partial charge in [-0.25, -0.2) is 4.98 Å². The second-order valence-corrected chi connectivity index (χ2v) is 10.1. The van der Waals surface area contributed by atoms with Gasteiger partial charge in [0.25, 0.3) is 5.78 Å². The van der Waals surface area contributed by atoms with Crippen LogP contribution >= 0.6 is 22.9 Å². The van der Waals surface area contributed by atoms with Crippen LogP contribution in [0.1, 0.15) is 42.6 Å². The van der Waals surface area contributed by atoms with Crippen molar-refractivity contribution in [1.82, 2.24) is 9.97 Å². The molecular weight excluding hydrogens is 498 g/mol. The Kier molecular flexibility index (Phi) is 6.24. The van der Waals surface area contributed by atoms with Gasteiger partial charge < -0.3 is 9.84 Å². The van der Waals surface area contributed by atoms with Gasteiger partial charge in [-0.2, -0.15) is 0 Å². The van der Waals surface area contributed by atoms with Crippen LogP contribution in [0.4, 0.5) is 5.13 Å². The van der Waals surface area contributed by atoms with Crippen molar-refractivity contribution in [1.29, 1.82) is 0 Å². The number of pyridine rings is 1. The summed E-state index contributed by atoms with van der Waals surface area (Å²) in [7, 11) is 1.48. The molecular formula is C27H22ClN3O4S. The fourth-order valence-electron chi connectivity index (χ4n) is 4.20. The van der Waals surface area contributed by atoms with E-state index in [0.717, 1.165) is 15.8 Å². The third-order valence-corrected chi connectivity index (χ3v) is 7.46. The number of aliphatic hydroxyl groups excluding tert-OH is 1. The lowest BCUT2D eigenvalue weighted by atomic mass is 9.98. The van der Waals surface area contributed by atoms with E-state index in [1.165, 1.54) is 29.4 Å². The van der Waals surface area contributed by atoms with Crippen molar-refractivity contribution in [2.24, 2.45) is 0 Å². The molecule has 1 amide bonds. The Balaban J connectivity index is 1.72. The number of hydrogen-bond acceptors (Lipinski definition) is 7. The number of rotatable bonds is 5. The Morgan fingerprint density at radius 3 is 2.64 bits per heavy atom. The Labute approximate surface area is 216 Å². The number of aliphatic hydroxyl groups is 1. The van der Waals surface area contributed by atoms with Crippen molar-refractivity contribution in [3.8, 4) is 5.75 Å². The zero-order valence-corrected chi connectivity index (χ0v) is 21.3. The first-order valence-corrected chi connectivity index (χ1v) is 12.5. The number of Topliss-reactive ketones (excluding diaryl/α,β-unsaturated/α-hetero) is 1. The first-order chi connectivity index (χ1) is 17.3. The molecule has 1 saturated heterocycles. The summed E-state index contributed by atoms with van der Waals surface area (Å²) >= 11 is 7.68. The van der Waals surface area contributed by atoms with Crippen molar-refractivity contribution in [2.75, 3.05) is 12.0 Å². The second-order valence-electron chi connectivity index (χ2n) is 8.65. The molecule has 9 heteroatoms. The third-order valence-electron chi connectivity index (χ3n) is 6.11. The maximum atomic E-state index is 13.4. The van der Waals surface area contributed by atoms with E-state index < -0.39 is 23.5 Å². The van der Waals surface area contributed by atoms with E-state index in [1.54, 1.807) is 36.5 Å². The summed E-state index contributed by atoms with van der Waals surface area (Å²) in [5, 5.41) is 11.9. The summed E-state index contributed by atoms with van der Waals surface area (Å²) in [6.07, 6.45) is 1.57. The van der Waals surface area contributed by atoms with Gasteiger partial charge in [0.2, 0.25) is 0 Å². The molecule has 7 nitrogen and oxygen atoms in total. The van der Waals surface area contributed by atoms with Crippen molar-refractivity contribution < 1.29 is 19.4 Å². The molecule has 1 fully saturated rings. The van der Waals surface area contributed by atoms with Crippen LogP contribution in [0.25, 0.3) is 16.0 Å². The van der Waals surface area contributed by atoms with Crippen molar-refractivity contribution in [2.45, 2.75) is 25.8 Å². The minimum atomic E-state index is -0.987. The number of amides is 1. The van der Waals surface area contributed by atoms with Crippen LogP contribution in [0.2, 0.25) is 5.02 Å². The van der Waals surface area contributed by atoms with Crippen LogP contribution in [-0.4, -0.2) is 33.9 Å². The Morgan fingerprint density at radius 1 is 1.14 bits per heavy atom. The van der Waals surface area contributed by atoms with Gasteiger partial charge >= 0.3 is 5.91 Å². The SMILES string of the molecule is COc1ccc(Cl)c(/C(O)=C2\C(=O)C(=O)N(c3nc4ccc(C(C)C)cc4s3)C2c2ccccn2)c1. The predicted molar refractivity (Wildman–Crippen MR) is 141 cm³/mol. The number of aromatic nitrogens is 2. The van der Waals surface area contributed by atoms with E-state index >= 15 is 0 Å². The van der Waals surface area contributed by atoms with E-state index in [0.29, 0.717) is 22.5 Å². The maximum absolute atomic E-state index is 13.4. The smallest absolute Gasteiger partial charge is 0.301 e. The van der Waals surface area contributed by atoms with Gasteiger partial charge in [-0.15, -0.1) is 0 Å². The lowest BCUT2D eigenvalue weighted by molar-refractivity contribution is -0.132. The number of carbonyl (C=O) groups excluding carboxylic acids is 2. The van der Waals surface area contributed by atoms with Crippen molar-refractivity contribution in [3.05, 3.63) is 88.2 Å². The highest BCUT2D eigenvalue weighted by Gasteiger charge is 2.49. The molecule has 1 N–H and O–H groups in total. The molecule has 1 unspecified atom stereocenters. The first kappa shape index (κ1) is 24.0. The normalized spacial score (nSPS) is 17.4. The van der Waals surface area contributed by atoms with Crippen LogP contribution < -0.4 is 9.64 Å². The molecule has 1 aliphatic rings. The van der Waals surface area contributed by atoms with Gasteiger partial charge in [0.1, 0.15) is 17.6 Å². The molecule has 3 heterocycles. The molecule has 4 aromatic rings. The molecule has 182 valence electrons. The molecule has 0 spiro atoms. The fraction of sp³-hybridized carbons (Fsp3) is 0.185. The number of hydrogen-bond donors (Lipinski definition) is 1. The van der Waals surface area contributed by atoms with Crippen molar-refractivity contribution in [3.63, 3.8) is 0 Å². The van der Waals surface area contributed by atoms with Gasteiger partial charge in [0, 0.05) is 11.8 Å². The van der Waals surface area contributed by atoms with Crippen LogP contribution in [0, 0.1) is 0 Å². The number of thiazole rings is 1. The quantitative estimate of drug-likeness (QED) is 0.194. The predicted octanol–water partition coefficient (Wildman–Crippen LogP) is 6.10. The van der Waals surface area contributed by atoms with Crippen LogP contribution in [0.5, 0.6) is 5.75 Å². The summed E-state index contributed by atoms with van der Waals surface area (Å²) in [5.41, 5.74) is 2.35. The summed E-state index contributed by atoms with van der Waals surface area (Å²) in [6, 6.07) is 14.9. The van der Waals surface area contributed by atoms with Crippen LogP contribution in [0.3, 0.4) is 0 Å². The van der Waals surface area contributed by atoms with Gasteiger partial charge in [-0.1, -0.05) is 48.9 Å². The number of benzene rings is 2. The molecule has 1 atom stereocenters. The van der Waals surface area contributed by atoms with Gasteiger partial charge in [0.05, 0.1) is 33.6 Å². The molecule has 36 heavy (non-hydrogen) atoms. The molecule has 5 rings (SSSR count). The molecule has 2 aromatic carbocycles. The average molecular weight is 520 g/mol. The Hall–Kier alpha value is -3.75. The fourth-order valence-corrected chi connectivity index (χ4v) is 5.44. The average Bonchev–Trinajstić information content (AvgIpc) is 3.42. The van der Waals surface area contributed by atoms with E-state index in [4.69, 9.17) is 16.3 Å². The monoisotopic (exact) mass is 519 g/mol. The molecule has 0 aliphatic carbocycles. The Morgan fingerprint density at radius 2 is 1.94 bits per heavy atom. The van der Waals surface area contributed by atoms with Crippen LogP contribution in [-0.2, 0) is 9.59 Å². The largest absolute Gasteiger partial charge is 0.507 e. The topological polar surface area (TPSA) is 92.6 Å². The summed E-state index contributed by atoms with van der Waals surface area (Å²) < 4.78 is 6.15. The number of methoxy groups -OCH3 is 1. The lowest BCUT2D eigenvalue weighted by Gasteiger charge is -2.22.